The van der Waals surface area contributed by atoms with Gasteiger partial charge in [0.15, 0.2) is 11.3 Å². The second-order valence-corrected chi connectivity index (χ2v) is 14.0. The topological polar surface area (TPSA) is 46.3 Å². The second-order valence-electron chi connectivity index (χ2n) is 14.0. The summed E-state index contributed by atoms with van der Waals surface area (Å²) in [6, 6.07) is 62.2. The Kier molecular flexibility index (Phi) is 6.70. The Bertz CT molecular complexity index is 3260. The maximum absolute atomic E-state index is 10.5. The molecule has 11 aromatic rings. The lowest BCUT2D eigenvalue weighted by Crippen LogP contribution is -1.90. The van der Waals surface area contributed by atoms with Crippen molar-refractivity contribution in [3.05, 3.63) is 182 Å². The summed E-state index contributed by atoms with van der Waals surface area (Å²) >= 11 is 0. The number of aromatic nitrogens is 1. The van der Waals surface area contributed by atoms with Crippen molar-refractivity contribution < 1.29 is 9.52 Å². The van der Waals surface area contributed by atoms with Crippen LogP contribution in [0, 0.1) is 0 Å². The van der Waals surface area contributed by atoms with E-state index in [1.54, 1.807) is 6.07 Å². The van der Waals surface area contributed by atoms with Crippen LogP contribution in [-0.4, -0.2) is 10.1 Å². The van der Waals surface area contributed by atoms with E-state index < -0.39 is 0 Å². The number of phenolic OH excluding ortho intramolecular Hbond substituents is 1. The number of phenols is 1. The molecule has 3 heteroatoms. The Hall–Kier alpha value is -7.23. The first-order valence-electron chi connectivity index (χ1n) is 18.3. The molecule has 0 saturated heterocycles. The third-order valence-electron chi connectivity index (χ3n) is 11.0. The van der Waals surface area contributed by atoms with Gasteiger partial charge < -0.3 is 9.52 Å². The molecule has 2 heterocycles. The van der Waals surface area contributed by atoms with Crippen LogP contribution in [0.1, 0.15) is 0 Å². The van der Waals surface area contributed by atoms with Gasteiger partial charge in [0, 0.05) is 33.5 Å². The Morgan fingerprint density at radius 3 is 1.44 bits per heavy atom. The summed E-state index contributed by atoms with van der Waals surface area (Å²) in [5.74, 6) is 0.153. The average molecular weight is 690 g/mol. The summed E-state index contributed by atoms with van der Waals surface area (Å²) in [5.41, 5.74) is 11.4. The van der Waals surface area contributed by atoms with Crippen LogP contribution in [0.5, 0.6) is 5.75 Å². The summed E-state index contributed by atoms with van der Waals surface area (Å²) < 4.78 is 6.26. The van der Waals surface area contributed by atoms with Crippen molar-refractivity contribution >= 4 is 65.2 Å². The van der Waals surface area contributed by atoms with E-state index in [1.165, 1.54) is 49.0 Å². The first kappa shape index (κ1) is 30.4. The number of hydrogen-bond acceptors (Lipinski definition) is 3. The molecule has 0 aliphatic rings. The molecule has 0 spiro atoms. The van der Waals surface area contributed by atoms with E-state index in [-0.39, 0.29) is 5.75 Å². The molecular formula is C51H31NO2. The maximum atomic E-state index is 10.5. The lowest BCUT2D eigenvalue weighted by atomic mass is 9.87. The standard InChI is InChI=1S/C51H31NO2/c53-48-19-7-18-43-42-17-6-16-37(50(42)54-51(43)48)32-22-26-34(27-23-32)45-30-47-40-13-3-1-11-38(40)44(29-46(47)41-14-4-2-12-39(41)45)33-24-20-31(21-25-33)36-15-5-9-35-10-8-28-52-49(35)36/h1-30,53H. The molecule has 252 valence electrons. The minimum absolute atomic E-state index is 0.153. The van der Waals surface area contributed by atoms with Crippen LogP contribution in [0.4, 0.5) is 0 Å². The molecule has 1 N–H and O–H groups in total. The SMILES string of the molecule is Oc1cccc2c1oc1c(-c3ccc(-c4cc5c6ccccc6c(-c6ccc(-c7cccc8cccnc78)cc6)cc5c5ccccc45)cc3)cccc12. The predicted octanol–water partition coefficient (Wildman–Crippen LogP) is 14.0. The van der Waals surface area contributed by atoms with Crippen molar-refractivity contribution in [2.24, 2.45) is 0 Å². The summed E-state index contributed by atoms with van der Waals surface area (Å²) in [7, 11) is 0. The maximum Gasteiger partial charge on any atom is 0.177 e. The van der Waals surface area contributed by atoms with Gasteiger partial charge in [-0.2, -0.15) is 0 Å². The highest BCUT2D eigenvalue weighted by molar-refractivity contribution is 6.24. The smallest absolute Gasteiger partial charge is 0.177 e. The molecule has 0 atom stereocenters. The highest BCUT2D eigenvalue weighted by Crippen LogP contribution is 2.43. The first-order chi connectivity index (χ1) is 26.7. The quantitative estimate of drug-likeness (QED) is 0.187. The molecule has 0 bridgehead atoms. The fourth-order valence-corrected chi connectivity index (χ4v) is 8.46. The van der Waals surface area contributed by atoms with Gasteiger partial charge in [-0.05, 0) is 90.0 Å². The van der Waals surface area contributed by atoms with Gasteiger partial charge in [0.2, 0.25) is 0 Å². The third-order valence-corrected chi connectivity index (χ3v) is 11.0. The van der Waals surface area contributed by atoms with Gasteiger partial charge in [-0.25, -0.2) is 0 Å². The Morgan fingerprint density at radius 1 is 0.352 bits per heavy atom. The zero-order chi connectivity index (χ0) is 35.8. The van der Waals surface area contributed by atoms with Crippen LogP contribution >= 0.6 is 0 Å². The average Bonchev–Trinajstić information content (AvgIpc) is 3.63. The number of para-hydroxylation sites is 3. The highest BCUT2D eigenvalue weighted by atomic mass is 16.4. The van der Waals surface area contributed by atoms with E-state index in [0.29, 0.717) is 5.58 Å². The zero-order valence-corrected chi connectivity index (χ0v) is 29.1. The second kappa shape index (κ2) is 11.9. The van der Waals surface area contributed by atoms with Crippen LogP contribution in [-0.2, 0) is 0 Å². The van der Waals surface area contributed by atoms with Gasteiger partial charge in [-0.1, -0.05) is 152 Å². The van der Waals surface area contributed by atoms with Crippen LogP contribution in [0.15, 0.2) is 187 Å². The number of benzene rings is 9. The Morgan fingerprint density at radius 2 is 0.815 bits per heavy atom. The van der Waals surface area contributed by atoms with E-state index in [9.17, 15) is 5.11 Å². The van der Waals surface area contributed by atoms with Crippen LogP contribution in [0.2, 0.25) is 0 Å². The normalized spacial score (nSPS) is 11.8. The van der Waals surface area contributed by atoms with Crippen molar-refractivity contribution in [1.82, 2.24) is 4.98 Å². The fraction of sp³-hybridized carbons (Fsp3) is 0. The molecule has 0 aliphatic carbocycles. The summed E-state index contributed by atoms with van der Waals surface area (Å²) in [6.07, 6.45) is 1.87. The number of hydrogen-bond donors (Lipinski definition) is 1. The zero-order valence-electron chi connectivity index (χ0n) is 29.1. The van der Waals surface area contributed by atoms with Gasteiger partial charge in [0.25, 0.3) is 0 Å². The number of pyridine rings is 1. The number of nitrogens with zero attached hydrogens (tertiary/aromatic N) is 1. The number of rotatable bonds is 4. The van der Waals surface area contributed by atoms with E-state index >= 15 is 0 Å². The Labute approximate surface area is 311 Å². The molecule has 54 heavy (non-hydrogen) atoms. The van der Waals surface area contributed by atoms with Crippen molar-refractivity contribution in [2.75, 3.05) is 0 Å². The molecule has 0 amide bonds. The largest absolute Gasteiger partial charge is 0.504 e. The summed E-state index contributed by atoms with van der Waals surface area (Å²) in [6.45, 7) is 0. The molecule has 0 saturated carbocycles. The predicted molar refractivity (Wildman–Crippen MR) is 225 cm³/mol. The lowest BCUT2D eigenvalue weighted by molar-refractivity contribution is 0.469. The molecular weight excluding hydrogens is 659 g/mol. The van der Waals surface area contributed by atoms with E-state index in [4.69, 9.17) is 9.40 Å². The van der Waals surface area contributed by atoms with E-state index in [0.717, 1.165) is 55.1 Å². The molecule has 2 aromatic heterocycles. The summed E-state index contributed by atoms with van der Waals surface area (Å²) in [4.78, 5) is 4.70. The van der Waals surface area contributed by atoms with Crippen molar-refractivity contribution in [2.45, 2.75) is 0 Å². The highest BCUT2D eigenvalue weighted by Gasteiger charge is 2.17. The van der Waals surface area contributed by atoms with Crippen molar-refractivity contribution in [1.29, 1.82) is 0 Å². The minimum atomic E-state index is 0.153. The molecule has 3 nitrogen and oxygen atoms in total. The van der Waals surface area contributed by atoms with Crippen LogP contribution < -0.4 is 0 Å². The summed E-state index contributed by atoms with van der Waals surface area (Å²) in [5, 5.41) is 20.9. The van der Waals surface area contributed by atoms with Crippen molar-refractivity contribution in [3.63, 3.8) is 0 Å². The van der Waals surface area contributed by atoms with Crippen LogP contribution in [0.3, 0.4) is 0 Å². The monoisotopic (exact) mass is 689 g/mol. The number of aromatic hydroxyl groups is 1. The molecule has 9 aromatic carbocycles. The van der Waals surface area contributed by atoms with Gasteiger partial charge in [0.1, 0.15) is 5.58 Å². The van der Waals surface area contributed by atoms with Gasteiger partial charge in [-0.15, -0.1) is 0 Å². The third kappa shape index (κ3) is 4.65. The minimum Gasteiger partial charge on any atom is -0.504 e. The van der Waals surface area contributed by atoms with Crippen LogP contribution in [0.25, 0.3) is 110 Å². The molecule has 0 unspecified atom stereocenters. The molecule has 0 radical (unpaired) electrons. The van der Waals surface area contributed by atoms with Crippen molar-refractivity contribution in [3.8, 4) is 50.3 Å². The number of fused-ring (bicyclic) bond motifs is 9. The Balaban J connectivity index is 1.04. The number of furan rings is 1. The molecule has 11 rings (SSSR count). The first-order valence-corrected chi connectivity index (χ1v) is 18.3. The van der Waals surface area contributed by atoms with E-state index in [2.05, 4.69) is 152 Å². The van der Waals surface area contributed by atoms with Gasteiger partial charge in [-0.3, -0.25) is 4.98 Å². The van der Waals surface area contributed by atoms with Gasteiger partial charge in [0.05, 0.1) is 5.52 Å². The lowest BCUT2D eigenvalue weighted by Gasteiger charge is -2.16. The fourth-order valence-electron chi connectivity index (χ4n) is 8.46. The molecule has 0 fully saturated rings. The molecule has 0 aliphatic heterocycles. The van der Waals surface area contributed by atoms with E-state index in [1.807, 2.05) is 24.4 Å². The van der Waals surface area contributed by atoms with Gasteiger partial charge >= 0.3 is 0 Å².